The molecule has 0 bridgehead atoms. The highest BCUT2D eigenvalue weighted by molar-refractivity contribution is 7.09. The number of hydrogen-bond acceptors (Lipinski definition) is 4. The molecule has 2 rings (SSSR count). The lowest BCUT2D eigenvalue weighted by atomic mass is 9.98. The molecule has 0 aromatic carbocycles. The van der Waals surface area contributed by atoms with Gasteiger partial charge in [-0.25, -0.2) is 4.98 Å². The maximum atomic E-state index is 5.57. The van der Waals surface area contributed by atoms with Crippen molar-refractivity contribution in [3.8, 4) is 0 Å². The van der Waals surface area contributed by atoms with Gasteiger partial charge >= 0.3 is 0 Å². The molecule has 96 valence electrons. The van der Waals surface area contributed by atoms with Gasteiger partial charge in [-0.05, 0) is 12.8 Å². The van der Waals surface area contributed by atoms with Crippen molar-refractivity contribution in [3.05, 3.63) is 16.1 Å². The third kappa shape index (κ3) is 3.76. The predicted octanol–water partition coefficient (Wildman–Crippen LogP) is 2.71. The zero-order chi connectivity index (χ0) is 12.3. The first-order valence-electron chi connectivity index (χ1n) is 6.33. The van der Waals surface area contributed by atoms with E-state index in [1.807, 2.05) is 0 Å². The van der Waals surface area contributed by atoms with Gasteiger partial charge in [-0.2, -0.15) is 0 Å². The normalized spacial score (nSPS) is 21.0. The van der Waals surface area contributed by atoms with E-state index in [0.29, 0.717) is 6.10 Å². The Kier molecular flexibility index (Phi) is 4.17. The monoisotopic (exact) mass is 254 g/mol. The molecule has 17 heavy (non-hydrogen) atoms. The van der Waals surface area contributed by atoms with E-state index >= 15 is 0 Å². The van der Waals surface area contributed by atoms with Crippen molar-refractivity contribution in [3.63, 3.8) is 0 Å². The van der Waals surface area contributed by atoms with E-state index in [-0.39, 0.29) is 5.41 Å². The third-order valence-corrected chi connectivity index (χ3v) is 4.21. The SMILES string of the molecule is CC(C)(C)c1nc(CNCC2CCCO2)cs1. The molecule has 3 nitrogen and oxygen atoms in total. The Balaban J connectivity index is 1.77. The minimum atomic E-state index is 0.164. The second kappa shape index (κ2) is 5.46. The van der Waals surface area contributed by atoms with Crippen molar-refractivity contribution in [2.75, 3.05) is 13.2 Å². The first-order chi connectivity index (χ1) is 8.05. The fourth-order valence-corrected chi connectivity index (χ4v) is 2.81. The quantitative estimate of drug-likeness (QED) is 0.897. The number of rotatable bonds is 4. The molecular weight excluding hydrogens is 232 g/mol. The van der Waals surface area contributed by atoms with Crippen molar-refractivity contribution >= 4 is 11.3 Å². The van der Waals surface area contributed by atoms with Gasteiger partial charge in [0.05, 0.1) is 16.8 Å². The van der Waals surface area contributed by atoms with Crippen LogP contribution in [0.25, 0.3) is 0 Å². The summed E-state index contributed by atoms with van der Waals surface area (Å²) >= 11 is 1.76. The summed E-state index contributed by atoms with van der Waals surface area (Å²) in [6, 6.07) is 0. The maximum Gasteiger partial charge on any atom is 0.0982 e. The number of ether oxygens (including phenoxy) is 1. The molecular formula is C13H22N2OS. The van der Waals surface area contributed by atoms with Gasteiger partial charge in [0, 0.05) is 30.5 Å². The van der Waals surface area contributed by atoms with Gasteiger partial charge in [0.1, 0.15) is 0 Å². The lowest BCUT2D eigenvalue weighted by Gasteiger charge is -2.13. The molecule has 1 aliphatic rings. The van der Waals surface area contributed by atoms with E-state index in [4.69, 9.17) is 4.74 Å². The summed E-state index contributed by atoms with van der Waals surface area (Å²) in [7, 11) is 0. The van der Waals surface area contributed by atoms with E-state index < -0.39 is 0 Å². The van der Waals surface area contributed by atoms with Gasteiger partial charge in [-0.3, -0.25) is 0 Å². The van der Waals surface area contributed by atoms with Crippen LogP contribution in [-0.4, -0.2) is 24.2 Å². The van der Waals surface area contributed by atoms with E-state index in [0.717, 1.165) is 25.4 Å². The molecule has 1 saturated heterocycles. The Bertz CT molecular complexity index is 351. The van der Waals surface area contributed by atoms with Crippen LogP contribution < -0.4 is 5.32 Å². The fraction of sp³-hybridized carbons (Fsp3) is 0.769. The van der Waals surface area contributed by atoms with E-state index in [9.17, 15) is 0 Å². The second-order valence-corrected chi connectivity index (χ2v) is 6.52. The van der Waals surface area contributed by atoms with Crippen LogP contribution in [0.2, 0.25) is 0 Å². The van der Waals surface area contributed by atoms with Gasteiger partial charge in [0.2, 0.25) is 0 Å². The predicted molar refractivity (Wildman–Crippen MR) is 71.5 cm³/mol. The lowest BCUT2D eigenvalue weighted by molar-refractivity contribution is 0.110. The summed E-state index contributed by atoms with van der Waals surface area (Å²) in [6.07, 6.45) is 2.81. The zero-order valence-corrected chi connectivity index (χ0v) is 11.8. The summed E-state index contributed by atoms with van der Waals surface area (Å²) in [4.78, 5) is 4.66. The third-order valence-electron chi connectivity index (χ3n) is 2.90. The number of nitrogens with zero attached hydrogens (tertiary/aromatic N) is 1. The highest BCUT2D eigenvalue weighted by atomic mass is 32.1. The molecule has 0 aliphatic carbocycles. The van der Waals surface area contributed by atoms with Gasteiger partial charge in [0.15, 0.2) is 0 Å². The molecule has 1 unspecified atom stereocenters. The van der Waals surface area contributed by atoms with E-state index in [1.165, 1.54) is 17.8 Å². The van der Waals surface area contributed by atoms with Crippen LogP contribution in [0, 0.1) is 0 Å². The molecule has 1 aromatic heterocycles. The van der Waals surface area contributed by atoms with Gasteiger partial charge in [0.25, 0.3) is 0 Å². The molecule has 0 spiro atoms. The minimum absolute atomic E-state index is 0.164. The van der Waals surface area contributed by atoms with Gasteiger partial charge in [-0.1, -0.05) is 20.8 Å². The molecule has 1 fully saturated rings. The highest BCUT2D eigenvalue weighted by Gasteiger charge is 2.18. The van der Waals surface area contributed by atoms with Crippen molar-refractivity contribution in [2.45, 2.75) is 51.7 Å². The molecule has 1 N–H and O–H groups in total. The van der Waals surface area contributed by atoms with Crippen molar-refractivity contribution in [2.24, 2.45) is 0 Å². The molecule has 4 heteroatoms. The molecule has 1 aromatic rings. The van der Waals surface area contributed by atoms with Crippen LogP contribution >= 0.6 is 11.3 Å². The molecule has 1 atom stereocenters. The first kappa shape index (κ1) is 13.0. The molecule has 0 amide bonds. The Morgan fingerprint density at radius 2 is 2.35 bits per heavy atom. The smallest absolute Gasteiger partial charge is 0.0982 e. The number of aromatic nitrogens is 1. The average molecular weight is 254 g/mol. The summed E-state index contributed by atoms with van der Waals surface area (Å²) in [5, 5.41) is 6.80. The van der Waals surface area contributed by atoms with Crippen LogP contribution in [0.15, 0.2) is 5.38 Å². The molecule has 1 aliphatic heterocycles. The fourth-order valence-electron chi connectivity index (χ4n) is 1.90. The Morgan fingerprint density at radius 1 is 1.53 bits per heavy atom. The maximum absolute atomic E-state index is 5.57. The number of nitrogens with one attached hydrogen (secondary N) is 1. The van der Waals surface area contributed by atoms with Crippen LogP contribution in [0.5, 0.6) is 0 Å². The van der Waals surface area contributed by atoms with Gasteiger partial charge < -0.3 is 10.1 Å². The minimum Gasteiger partial charge on any atom is -0.377 e. The lowest BCUT2D eigenvalue weighted by Crippen LogP contribution is -2.26. The van der Waals surface area contributed by atoms with E-state index in [1.54, 1.807) is 11.3 Å². The zero-order valence-electron chi connectivity index (χ0n) is 11.0. The van der Waals surface area contributed by atoms with Crippen molar-refractivity contribution in [1.82, 2.24) is 10.3 Å². The summed E-state index contributed by atoms with van der Waals surface area (Å²) in [6.45, 7) is 9.34. The number of hydrogen-bond donors (Lipinski definition) is 1. The van der Waals surface area contributed by atoms with Gasteiger partial charge in [-0.15, -0.1) is 11.3 Å². The Morgan fingerprint density at radius 3 is 2.94 bits per heavy atom. The van der Waals surface area contributed by atoms with Crippen LogP contribution in [0.4, 0.5) is 0 Å². The van der Waals surface area contributed by atoms with E-state index in [2.05, 4.69) is 36.5 Å². The Hall–Kier alpha value is -0.450. The van der Waals surface area contributed by atoms with Crippen LogP contribution in [0.1, 0.15) is 44.3 Å². The summed E-state index contributed by atoms with van der Waals surface area (Å²) in [5.74, 6) is 0. The highest BCUT2D eigenvalue weighted by Crippen LogP contribution is 2.25. The number of thiazole rings is 1. The molecule has 0 radical (unpaired) electrons. The van der Waals surface area contributed by atoms with Crippen LogP contribution in [0.3, 0.4) is 0 Å². The summed E-state index contributed by atoms with van der Waals surface area (Å²) < 4.78 is 5.57. The first-order valence-corrected chi connectivity index (χ1v) is 7.21. The average Bonchev–Trinajstić information content (AvgIpc) is 2.86. The summed E-state index contributed by atoms with van der Waals surface area (Å²) in [5.41, 5.74) is 1.32. The second-order valence-electron chi connectivity index (χ2n) is 5.66. The van der Waals surface area contributed by atoms with Crippen molar-refractivity contribution < 1.29 is 4.74 Å². The molecule has 0 saturated carbocycles. The largest absolute Gasteiger partial charge is 0.377 e. The van der Waals surface area contributed by atoms with Crippen molar-refractivity contribution in [1.29, 1.82) is 0 Å². The standard InChI is InChI=1S/C13H22N2OS/c1-13(2,3)12-15-10(9-17-12)7-14-8-11-5-4-6-16-11/h9,11,14H,4-8H2,1-3H3. The Labute approximate surface area is 108 Å². The van der Waals surface area contributed by atoms with Crippen LogP contribution in [-0.2, 0) is 16.7 Å². The topological polar surface area (TPSA) is 34.2 Å². The molecule has 2 heterocycles.